The van der Waals surface area contributed by atoms with Crippen molar-refractivity contribution < 1.29 is 19.4 Å². The molecule has 0 bridgehead atoms. The van der Waals surface area contributed by atoms with E-state index in [0.29, 0.717) is 23.5 Å². The van der Waals surface area contributed by atoms with E-state index < -0.39 is 6.10 Å². The Hall–Kier alpha value is -1.75. The number of benzene rings is 1. The van der Waals surface area contributed by atoms with Gasteiger partial charge in [0, 0.05) is 12.1 Å². The third kappa shape index (κ3) is 3.63. The van der Waals surface area contributed by atoms with E-state index in [1.165, 1.54) is 14.2 Å². The molecule has 0 radical (unpaired) electrons. The molecule has 100 valence electrons. The summed E-state index contributed by atoms with van der Waals surface area (Å²) in [6.45, 7) is 2.09. The fraction of sp³-hybridized carbons (Fsp3) is 0.462. The van der Waals surface area contributed by atoms with E-state index in [0.717, 1.165) is 0 Å². The van der Waals surface area contributed by atoms with Crippen LogP contribution in [0.5, 0.6) is 11.5 Å². The van der Waals surface area contributed by atoms with E-state index in [1.807, 2.05) is 6.92 Å². The smallest absolute Gasteiger partial charge is 0.251 e. The third-order valence-corrected chi connectivity index (χ3v) is 2.62. The molecule has 2 N–H and O–H groups in total. The number of aliphatic hydroxyl groups excluding tert-OH is 1. The van der Waals surface area contributed by atoms with Crippen LogP contribution in [-0.4, -0.2) is 37.9 Å². The standard InChI is InChI=1S/C13H19NO4/c1-4-10(15)8-14-13(16)9-5-6-11(17-2)12(7-9)18-3/h5-7,10,15H,4,8H2,1-3H3,(H,14,16). The normalized spacial score (nSPS) is 11.8. The number of hydrogen-bond donors (Lipinski definition) is 2. The molecule has 0 aliphatic heterocycles. The molecule has 0 fully saturated rings. The van der Waals surface area contributed by atoms with Crippen molar-refractivity contribution in [3.8, 4) is 11.5 Å². The van der Waals surface area contributed by atoms with Gasteiger partial charge in [-0.2, -0.15) is 0 Å². The predicted molar refractivity (Wildman–Crippen MR) is 68.2 cm³/mol. The van der Waals surface area contributed by atoms with Crippen LogP contribution in [0.25, 0.3) is 0 Å². The summed E-state index contributed by atoms with van der Waals surface area (Å²) in [6.07, 6.45) is 0.0840. The Labute approximate surface area is 107 Å². The molecule has 1 unspecified atom stereocenters. The van der Waals surface area contributed by atoms with Gasteiger partial charge in [-0.15, -0.1) is 0 Å². The van der Waals surface area contributed by atoms with Crippen LogP contribution in [0.1, 0.15) is 23.7 Å². The number of nitrogens with one attached hydrogen (secondary N) is 1. The topological polar surface area (TPSA) is 67.8 Å². The second kappa shape index (κ2) is 6.86. The second-order valence-electron chi connectivity index (χ2n) is 3.84. The monoisotopic (exact) mass is 253 g/mol. The summed E-state index contributed by atoms with van der Waals surface area (Å²) in [7, 11) is 3.05. The molecular formula is C13H19NO4. The molecule has 0 spiro atoms. The van der Waals surface area contributed by atoms with Gasteiger partial charge in [0.15, 0.2) is 11.5 Å². The van der Waals surface area contributed by atoms with Crippen molar-refractivity contribution in [2.45, 2.75) is 19.4 Å². The number of ether oxygens (including phenoxy) is 2. The molecule has 0 aromatic heterocycles. The molecule has 5 nitrogen and oxygen atoms in total. The summed E-state index contributed by atoms with van der Waals surface area (Å²) in [4.78, 5) is 11.8. The number of methoxy groups -OCH3 is 2. The Morgan fingerprint density at radius 1 is 1.33 bits per heavy atom. The van der Waals surface area contributed by atoms with Gasteiger partial charge in [-0.05, 0) is 24.6 Å². The fourth-order valence-corrected chi connectivity index (χ4v) is 1.43. The molecular weight excluding hydrogens is 234 g/mol. The minimum Gasteiger partial charge on any atom is -0.493 e. The van der Waals surface area contributed by atoms with Crippen molar-refractivity contribution in [3.05, 3.63) is 23.8 Å². The van der Waals surface area contributed by atoms with Gasteiger partial charge < -0.3 is 19.9 Å². The van der Waals surface area contributed by atoms with E-state index in [1.54, 1.807) is 18.2 Å². The van der Waals surface area contributed by atoms with Crippen LogP contribution in [-0.2, 0) is 0 Å². The highest BCUT2D eigenvalue weighted by Gasteiger charge is 2.11. The molecule has 0 saturated heterocycles. The maximum atomic E-state index is 11.8. The van der Waals surface area contributed by atoms with Gasteiger partial charge in [0.05, 0.1) is 20.3 Å². The first-order chi connectivity index (χ1) is 8.62. The molecule has 5 heteroatoms. The lowest BCUT2D eigenvalue weighted by atomic mass is 10.2. The van der Waals surface area contributed by atoms with Crippen LogP contribution in [0, 0.1) is 0 Å². The second-order valence-corrected chi connectivity index (χ2v) is 3.84. The van der Waals surface area contributed by atoms with Gasteiger partial charge in [-0.25, -0.2) is 0 Å². The molecule has 0 saturated carbocycles. The Morgan fingerprint density at radius 3 is 2.56 bits per heavy atom. The fourth-order valence-electron chi connectivity index (χ4n) is 1.43. The lowest BCUT2D eigenvalue weighted by Crippen LogP contribution is -2.31. The Kier molecular flexibility index (Phi) is 5.45. The van der Waals surface area contributed by atoms with Gasteiger partial charge in [0.25, 0.3) is 5.91 Å². The van der Waals surface area contributed by atoms with Crippen molar-refractivity contribution in [3.63, 3.8) is 0 Å². The molecule has 1 rings (SSSR count). The van der Waals surface area contributed by atoms with Crippen molar-refractivity contribution >= 4 is 5.91 Å². The molecule has 0 aliphatic rings. The molecule has 18 heavy (non-hydrogen) atoms. The van der Waals surface area contributed by atoms with Crippen LogP contribution in [0.15, 0.2) is 18.2 Å². The minimum absolute atomic E-state index is 0.240. The minimum atomic E-state index is -0.519. The van der Waals surface area contributed by atoms with Gasteiger partial charge >= 0.3 is 0 Å². The molecule has 1 aromatic carbocycles. The molecule has 1 atom stereocenters. The van der Waals surface area contributed by atoms with Crippen LogP contribution in [0.4, 0.5) is 0 Å². The highest BCUT2D eigenvalue weighted by Crippen LogP contribution is 2.27. The maximum absolute atomic E-state index is 11.8. The van der Waals surface area contributed by atoms with Gasteiger partial charge in [0.1, 0.15) is 0 Å². The zero-order chi connectivity index (χ0) is 13.5. The number of rotatable bonds is 6. The highest BCUT2D eigenvalue weighted by molar-refractivity contribution is 5.94. The number of aliphatic hydroxyl groups is 1. The van der Waals surface area contributed by atoms with E-state index in [4.69, 9.17) is 9.47 Å². The van der Waals surface area contributed by atoms with E-state index in [-0.39, 0.29) is 12.5 Å². The van der Waals surface area contributed by atoms with E-state index in [2.05, 4.69) is 5.32 Å². The summed E-state index contributed by atoms with van der Waals surface area (Å²) in [5.74, 6) is 0.826. The lowest BCUT2D eigenvalue weighted by Gasteiger charge is -2.11. The molecule has 0 heterocycles. The summed E-state index contributed by atoms with van der Waals surface area (Å²) < 4.78 is 10.2. The summed E-state index contributed by atoms with van der Waals surface area (Å²) in [6, 6.07) is 4.92. The maximum Gasteiger partial charge on any atom is 0.251 e. The van der Waals surface area contributed by atoms with Gasteiger partial charge in [-0.1, -0.05) is 6.92 Å². The van der Waals surface area contributed by atoms with Crippen molar-refractivity contribution in [1.82, 2.24) is 5.32 Å². The lowest BCUT2D eigenvalue weighted by molar-refractivity contribution is 0.0913. The zero-order valence-electron chi connectivity index (χ0n) is 10.9. The zero-order valence-corrected chi connectivity index (χ0v) is 10.9. The largest absolute Gasteiger partial charge is 0.493 e. The quantitative estimate of drug-likeness (QED) is 0.799. The molecule has 0 aliphatic carbocycles. The summed E-state index contributed by atoms with van der Waals surface area (Å²) in [5, 5.41) is 12.0. The summed E-state index contributed by atoms with van der Waals surface area (Å²) in [5.41, 5.74) is 0.468. The Morgan fingerprint density at radius 2 is 2.00 bits per heavy atom. The highest BCUT2D eigenvalue weighted by atomic mass is 16.5. The summed E-state index contributed by atoms with van der Waals surface area (Å²) >= 11 is 0. The molecule has 1 aromatic rings. The van der Waals surface area contributed by atoms with Gasteiger partial charge in [0.2, 0.25) is 0 Å². The SMILES string of the molecule is CCC(O)CNC(=O)c1ccc(OC)c(OC)c1. The number of carbonyl (C=O) groups excluding carboxylic acids is 1. The first-order valence-corrected chi connectivity index (χ1v) is 5.80. The Balaban J connectivity index is 2.74. The molecule has 1 amide bonds. The first-order valence-electron chi connectivity index (χ1n) is 5.80. The third-order valence-electron chi connectivity index (χ3n) is 2.62. The van der Waals surface area contributed by atoms with Crippen molar-refractivity contribution in [1.29, 1.82) is 0 Å². The first kappa shape index (κ1) is 14.3. The number of amides is 1. The number of hydrogen-bond acceptors (Lipinski definition) is 4. The van der Waals surface area contributed by atoms with Crippen molar-refractivity contribution in [2.75, 3.05) is 20.8 Å². The van der Waals surface area contributed by atoms with Crippen LogP contribution >= 0.6 is 0 Å². The Bertz CT molecular complexity index is 406. The number of carbonyl (C=O) groups is 1. The van der Waals surface area contributed by atoms with E-state index >= 15 is 0 Å². The van der Waals surface area contributed by atoms with Gasteiger partial charge in [-0.3, -0.25) is 4.79 Å². The van der Waals surface area contributed by atoms with Crippen LogP contribution in [0.2, 0.25) is 0 Å². The van der Waals surface area contributed by atoms with Crippen LogP contribution < -0.4 is 14.8 Å². The average Bonchev–Trinajstić information content (AvgIpc) is 2.43. The van der Waals surface area contributed by atoms with E-state index in [9.17, 15) is 9.90 Å². The van der Waals surface area contributed by atoms with Crippen LogP contribution in [0.3, 0.4) is 0 Å². The average molecular weight is 253 g/mol. The van der Waals surface area contributed by atoms with Crippen molar-refractivity contribution in [2.24, 2.45) is 0 Å². The predicted octanol–water partition coefficient (Wildman–Crippen LogP) is 1.20.